The zero-order chi connectivity index (χ0) is 19.8. The van der Waals surface area contributed by atoms with Crippen LogP contribution < -0.4 is 14.8 Å². The number of methoxy groups -OCH3 is 1. The Morgan fingerprint density at radius 1 is 1.07 bits per heavy atom. The Morgan fingerprint density at radius 3 is 2.33 bits per heavy atom. The molecule has 0 aromatic heterocycles. The number of rotatable bonds is 9. The molecule has 4 nitrogen and oxygen atoms in total. The predicted octanol–water partition coefficient (Wildman–Crippen LogP) is 5.06. The van der Waals surface area contributed by atoms with Gasteiger partial charge in [-0.15, -0.1) is 0 Å². The normalized spacial score (nSPS) is 13.1. The lowest BCUT2D eigenvalue weighted by molar-refractivity contribution is -0.129. The molecule has 4 heteroatoms. The molecule has 0 bridgehead atoms. The molecule has 0 aliphatic heterocycles. The third kappa shape index (κ3) is 6.31. The highest BCUT2D eigenvalue weighted by atomic mass is 16.5. The second-order valence-corrected chi connectivity index (χ2v) is 7.30. The van der Waals surface area contributed by atoms with E-state index in [4.69, 9.17) is 9.47 Å². The van der Waals surface area contributed by atoms with Gasteiger partial charge in [-0.05, 0) is 61.1 Å². The first-order valence-electron chi connectivity index (χ1n) is 9.60. The van der Waals surface area contributed by atoms with Crippen molar-refractivity contribution >= 4 is 5.91 Å². The molecule has 0 saturated carbocycles. The molecular formula is C23H31NO3. The van der Waals surface area contributed by atoms with E-state index in [1.165, 1.54) is 0 Å². The van der Waals surface area contributed by atoms with Crippen LogP contribution in [0.4, 0.5) is 0 Å². The Balaban J connectivity index is 2.12. The summed E-state index contributed by atoms with van der Waals surface area (Å²) in [5.41, 5.74) is 2.18. The van der Waals surface area contributed by atoms with E-state index in [1.54, 1.807) is 7.11 Å². The quantitative estimate of drug-likeness (QED) is 0.672. The van der Waals surface area contributed by atoms with Crippen LogP contribution in [0.5, 0.6) is 11.5 Å². The Hall–Kier alpha value is -2.49. The highest BCUT2D eigenvalue weighted by Crippen LogP contribution is 2.24. The lowest BCUT2D eigenvalue weighted by Crippen LogP contribution is -2.40. The summed E-state index contributed by atoms with van der Waals surface area (Å²) in [5, 5.41) is 3.18. The van der Waals surface area contributed by atoms with Gasteiger partial charge in [-0.25, -0.2) is 0 Å². The fraction of sp³-hybridized carbons (Fsp3) is 0.435. The zero-order valence-electron chi connectivity index (χ0n) is 17.0. The molecule has 0 heterocycles. The first kappa shape index (κ1) is 20.8. The maximum absolute atomic E-state index is 12.9. The predicted molar refractivity (Wildman–Crippen MR) is 109 cm³/mol. The van der Waals surface area contributed by atoms with Gasteiger partial charge in [-0.3, -0.25) is 4.79 Å². The number of carbonyl (C=O) groups is 1. The molecule has 0 unspecified atom stereocenters. The second-order valence-electron chi connectivity index (χ2n) is 7.30. The Kier molecular flexibility index (Phi) is 7.71. The number of amides is 1. The number of benzene rings is 2. The van der Waals surface area contributed by atoms with Crippen molar-refractivity contribution in [3.63, 3.8) is 0 Å². The van der Waals surface area contributed by atoms with Crippen molar-refractivity contribution in [3.05, 3.63) is 59.7 Å². The Bertz CT molecular complexity index is 725. The van der Waals surface area contributed by atoms with Crippen LogP contribution in [0, 0.1) is 12.8 Å². The molecule has 0 saturated heterocycles. The fourth-order valence-electron chi connectivity index (χ4n) is 3.03. The van der Waals surface area contributed by atoms with Crippen molar-refractivity contribution in [1.82, 2.24) is 5.32 Å². The minimum atomic E-state index is -0.514. The monoisotopic (exact) mass is 369 g/mol. The van der Waals surface area contributed by atoms with Crippen molar-refractivity contribution in [1.29, 1.82) is 0 Å². The molecule has 0 radical (unpaired) electrons. The van der Waals surface area contributed by atoms with Gasteiger partial charge in [0.25, 0.3) is 5.91 Å². The topological polar surface area (TPSA) is 47.6 Å². The average Bonchev–Trinajstić information content (AvgIpc) is 2.65. The lowest BCUT2D eigenvalue weighted by atomic mass is 9.96. The maximum Gasteiger partial charge on any atom is 0.261 e. The van der Waals surface area contributed by atoms with Gasteiger partial charge >= 0.3 is 0 Å². The summed E-state index contributed by atoms with van der Waals surface area (Å²) in [7, 11) is 1.65. The first-order valence-corrected chi connectivity index (χ1v) is 9.60. The number of hydrogen-bond acceptors (Lipinski definition) is 3. The molecule has 0 fully saturated rings. The third-order valence-electron chi connectivity index (χ3n) is 4.47. The van der Waals surface area contributed by atoms with Crippen LogP contribution in [-0.4, -0.2) is 19.1 Å². The van der Waals surface area contributed by atoms with Gasteiger partial charge in [0.05, 0.1) is 13.2 Å². The first-order chi connectivity index (χ1) is 12.9. The van der Waals surface area contributed by atoms with Gasteiger partial charge in [0.1, 0.15) is 11.5 Å². The molecule has 2 aromatic carbocycles. The van der Waals surface area contributed by atoms with Crippen LogP contribution in [0.3, 0.4) is 0 Å². The molecule has 2 rings (SSSR count). The summed E-state index contributed by atoms with van der Waals surface area (Å²) in [6.07, 6.45) is 0.954. The van der Waals surface area contributed by atoms with E-state index in [1.807, 2.05) is 62.4 Å². The lowest BCUT2D eigenvalue weighted by Gasteiger charge is -2.25. The molecule has 2 aromatic rings. The van der Waals surface area contributed by atoms with Gasteiger partial charge in [-0.2, -0.15) is 0 Å². The number of ether oxygens (including phenoxy) is 2. The summed E-state index contributed by atoms with van der Waals surface area (Å²) < 4.78 is 11.2. The molecule has 0 aliphatic rings. The van der Waals surface area contributed by atoms with E-state index < -0.39 is 6.10 Å². The summed E-state index contributed by atoms with van der Waals surface area (Å²) in [4.78, 5) is 12.9. The Labute approximate surface area is 162 Å². The summed E-state index contributed by atoms with van der Waals surface area (Å²) in [5.74, 6) is 1.90. The van der Waals surface area contributed by atoms with E-state index in [9.17, 15) is 4.79 Å². The smallest absolute Gasteiger partial charge is 0.261 e. The molecule has 2 atom stereocenters. The molecule has 27 heavy (non-hydrogen) atoms. The van der Waals surface area contributed by atoms with Crippen molar-refractivity contribution in [2.75, 3.05) is 7.11 Å². The van der Waals surface area contributed by atoms with Crippen LogP contribution in [0.15, 0.2) is 48.5 Å². The molecule has 146 valence electrons. The van der Waals surface area contributed by atoms with Gasteiger partial charge < -0.3 is 14.8 Å². The largest absolute Gasteiger partial charge is 0.497 e. The summed E-state index contributed by atoms with van der Waals surface area (Å²) in [6, 6.07) is 15.6. The van der Waals surface area contributed by atoms with Crippen molar-refractivity contribution < 1.29 is 14.3 Å². The number of nitrogens with one attached hydrogen (secondary N) is 1. The Morgan fingerprint density at radius 2 is 1.78 bits per heavy atom. The van der Waals surface area contributed by atoms with Crippen LogP contribution in [0.1, 0.15) is 50.8 Å². The SMILES string of the molecule is CC[C@@H](Oc1cccc(C)c1)C(=O)N[C@@H](CC(C)C)c1ccc(OC)cc1. The van der Waals surface area contributed by atoms with E-state index >= 15 is 0 Å². The maximum atomic E-state index is 12.9. The minimum absolute atomic E-state index is 0.0569. The van der Waals surface area contributed by atoms with E-state index in [0.29, 0.717) is 12.3 Å². The van der Waals surface area contributed by atoms with E-state index in [2.05, 4.69) is 19.2 Å². The van der Waals surface area contributed by atoms with Crippen molar-refractivity contribution in [2.24, 2.45) is 5.92 Å². The van der Waals surface area contributed by atoms with Gasteiger partial charge in [0.15, 0.2) is 6.10 Å². The van der Waals surface area contributed by atoms with Crippen molar-refractivity contribution in [3.8, 4) is 11.5 Å². The summed E-state index contributed by atoms with van der Waals surface area (Å²) in [6.45, 7) is 8.29. The standard InChI is InChI=1S/C23H31NO3/c1-6-22(27-20-9-7-8-17(4)15-20)23(25)24-21(14-16(2)3)18-10-12-19(26-5)13-11-18/h7-13,15-16,21-22H,6,14H2,1-5H3,(H,24,25)/t21-,22+/m0/s1. The van der Waals surface area contributed by atoms with E-state index in [0.717, 1.165) is 29.0 Å². The molecule has 1 N–H and O–H groups in total. The molecule has 0 aliphatic carbocycles. The average molecular weight is 370 g/mol. The minimum Gasteiger partial charge on any atom is -0.497 e. The van der Waals surface area contributed by atoms with Gasteiger partial charge in [-0.1, -0.05) is 45.0 Å². The number of carbonyl (C=O) groups excluding carboxylic acids is 1. The number of hydrogen-bond donors (Lipinski definition) is 1. The van der Waals surface area contributed by atoms with E-state index in [-0.39, 0.29) is 11.9 Å². The van der Waals surface area contributed by atoms with Crippen LogP contribution in [0.2, 0.25) is 0 Å². The molecule has 0 spiro atoms. The summed E-state index contributed by atoms with van der Waals surface area (Å²) >= 11 is 0. The highest BCUT2D eigenvalue weighted by Gasteiger charge is 2.23. The molecular weight excluding hydrogens is 338 g/mol. The highest BCUT2D eigenvalue weighted by molar-refractivity contribution is 5.81. The fourth-order valence-corrected chi connectivity index (χ4v) is 3.03. The zero-order valence-corrected chi connectivity index (χ0v) is 17.0. The second kappa shape index (κ2) is 10.0. The number of aryl methyl sites for hydroxylation is 1. The van der Waals surface area contributed by atoms with Crippen LogP contribution in [0.25, 0.3) is 0 Å². The third-order valence-corrected chi connectivity index (χ3v) is 4.47. The van der Waals surface area contributed by atoms with Gasteiger partial charge in [0, 0.05) is 0 Å². The van der Waals surface area contributed by atoms with Crippen molar-refractivity contribution in [2.45, 2.75) is 52.7 Å². The molecule has 1 amide bonds. The van der Waals surface area contributed by atoms with Gasteiger partial charge in [0.2, 0.25) is 0 Å². The van der Waals surface area contributed by atoms with Crippen LogP contribution in [-0.2, 0) is 4.79 Å². The van der Waals surface area contributed by atoms with Crippen LogP contribution >= 0.6 is 0 Å².